The Morgan fingerprint density at radius 1 is 1.08 bits per heavy atom. The largest absolute Gasteiger partial charge is 0.489 e. The first kappa shape index (κ1) is 23.9. The molecule has 4 aromatic rings. The fraction of sp³-hybridized carbons (Fsp3) is 0.148. The third kappa shape index (κ3) is 5.08. The molecule has 0 radical (unpaired) electrons. The summed E-state index contributed by atoms with van der Waals surface area (Å²) in [6.45, 7) is 2.60. The molecular weight excluding hydrogens is 497 g/mol. The molecule has 3 aromatic carbocycles. The first-order valence-corrected chi connectivity index (χ1v) is 12.1. The highest BCUT2D eigenvalue weighted by Crippen LogP contribution is 2.35. The zero-order valence-corrected chi connectivity index (χ0v) is 20.9. The number of nitrogens with one attached hydrogen (secondary N) is 2. The standard InChI is InChI=1S/C27H23Cl2N5O2/c1-17-24(26(35)30-14-18-5-3-2-4-6-18)25(34-27(33-17)31-16-32-34)19-8-11-22(12-9-19)36-15-20-7-10-21(28)13-23(20)29/h2-13,16,25H,14-15H2,1H3,(H,30,35)(H,31,32,33)/t25-/m1/s1. The van der Waals surface area contributed by atoms with Crippen molar-refractivity contribution in [3.63, 3.8) is 0 Å². The minimum absolute atomic E-state index is 0.173. The lowest BCUT2D eigenvalue weighted by Gasteiger charge is -2.28. The van der Waals surface area contributed by atoms with E-state index in [4.69, 9.17) is 27.9 Å². The van der Waals surface area contributed by atoms with E-state index in [1.54, 1.807) is 16.8 Å². The van der Waals surface area contributed by atoms with E-state index in [1.165, 1.54) is 6.33 Å². The molecule has 182 valence electrons. The van der Waals surface area contributed by atoms with Crippen molar-refractivity contribution in [2.24, 2.45) is 0 Å². The van der Waals surface area contributed by atoms with Crippen molar-refractivity contribution in [3.8, 4) is 5.75 Å². The number of halogens is 2. The first-order valence-electron chi connectivity index (χ1n) is 11.4. The SMILES string of the molecule is CC1=C(C(=O)NCc2ccccc2)[C@@H](c2ccc(OCc3ccc(Cl)cc3Cl)cc2)n2ncnc2N1. The normalized spacial score (nSPS) is 14.7. The smallest absolute Gasteiger partial charge is 0.251 e. The maximum absolute atomic E-state index is 13.4. The van der Waals surface area contributed by atoms with Gasteiger partial charge in [-0.25, -0.2) is 4.68 Å². The van der Waals surface area contributed by atoms with E-state index in [0.29, 0.717) is 40.5 Å². The molecular formula is C27H23Cl2N5O2. The van der Waals surface area contributed by atoms with E-state index in [-0.39, 0.29) is 5.91 Å². The lowest BCUT2D eigenvalue weighted by Crippen LogP contribution is -2.34. The second-order valence-corrected chi connectivity index (χ2v) is 9.20. The fourth-order valence-corrected chi connectivity index (χ4v) is 4.58. The zero-order chi connectivity index (χ0) is 25.1. The van der Waals surface area contributed by atoms with E-state index >= 15 is 0 Å². The van der Waals surface area contributed by atoms with Gasteiger partial charge in [0.15, 0.2) is 0 Å². The van der Waals surface area contributed by atoms with Gasteiger partial charge in [-0.3, -0.25) is 4.79 Å². The summed E-state index contributed by atoms with van der Waals surface area (Å²) in [7, 11) is 0. The van der Waals surface area contributed by atoms with Gasteiger partial charge in [-0.1, -0.05) is 71.7 Å². The predicted molar refractivity (Wildman–Crippen MR) is 140 cm³/mol. The Hall–Kier alpha value is -3.81. The third-order valence-electron chi connectivity index (χ3n) is 5.94. The molecule has 5 rings (SSSR count). The number of carbonyl (C=O) groups excluding carboxylic acids is 1. The predicted octanol–water partition coefficient (Wildman–Crippen LogP) is 5.77. The van der Waals surface area contributed by atoms with Crippen LogP contribution in [0.25, 0.3) is 0 Å². The number of nitrogens with zero attached hydrogens (tertiary/aromatic N) is 3. The Morgan fingerprint density at radius 2 is 1.86 bits per heavy atom. The number of hydrogen-bond donors (Lipinski definition) is 2. The summed E-state index contributed by atoms with van der Waals surface area (Å²) in [5, 5.41) is 11.7. The topological polar surface area (TPSA) is 81.1 Å². The van der Waals surface area contributed by atoms with Crippen molar-refractivity contribution in [1.82, 2.24) is 20.1 Å². The second-order valence-electron chi connectivity index (χ2n) is 8.36. The van der Waals surface area contributed by atoms with Crippen molar-refractivity contribution < 1.29 is 9.53 Å². The molecule has 0 fully saturated rings. The van der Waals surface area contributed by atoms with Crippen molar-refractivity contribution >= 4 is 35.1 Å². The van der Waals surface area contributed by atoms with Gasteiger partial charge in [0.1, 0.15) is 24.7 Å². The number of allylic oxidation sites excluding steroid dienone is 1. The lowest BCUT2D eigenvalue weighted by atomic mass is 9.95. The van der Waals surface area contributed by atoms with Crippen LogP contribution in [0, 0.1) is 0 Å². The Labute approximate surface area is 218 Å². The summed E-state index contributed by atoms with van der Waals surface area (Å²) >= 11 is 12.2. The van der Waals surface area contributed by atoms with Gasteiger partial charge in [-0.15, -0.1) is 0 Å². The number of amides is 1. The molecule has 0 unspecified atom stereocenters. The molecule has 1 aromatic heterocycles. The van der Waals surface area contributed by atoms with Gasteiger partial charge >= 0.3 is 0 Å². The van der Waals surface area contributed by atoms with Crippen LogP contribution in [0.5, 0.6) is 5.75 Å². The van der Waals surface area contributed by atoms with Crippen LogP contribution in [-0.4, -0.2) is 20.7 Å². The van der Waals surface area contributed by atoms with Crippen LogP contribution in [0.3, 0.4) is 0 Å². The molecule has 2 heterocycles. The van der Waals surface area contributed by atoms with Crippen molar-refractivity contribution in [1.29, 1.82) is 0 Å². The first-order chi connectivity index (χ1) is 17.5. The van der Waals surface area contributed by atoms with Gasteiger partial charge < -0.3 is 15.4 Å². The van der Waals surface area contributed by atoms with E-state index in [1.807, 2.05) is 67.6 Å². The third-order valence-corrected chi connectivity index (χ3v) is 6.53. The van der Waals surface area contributed by atoms with Gasteiger partial charge in [0.25, 0.3) is 5.91 Å². The molecule has 2 N–H and O–H groups in total. The van der Waals surface area contributed by atoms with Crippen LogP contribution in [0.2, 0.25) is 10.0 Å². The Balaban J connectivity index is 1.37. The summed E-state index contributed by atoms with van der Waals surface area (Å²) in [6.07, 6.45) is 1.47. The van der Waals surface area contributed by atoms with E-state index in [9.17, 15) is 4.79 Å². The summed E-state index contributed by atoms with van der Waals surface area (Å²) in [5.41, 5.74) is 4.04. The van der Waals surface area contributed by atoms with Gasteiger partial charge in [0.2, 0.25) is 5.95 Å². The Kier molecular flexibility index (Phi) is 6.93. The number of aromatic nitrogens is 3. The molecule has 0 saturated heterocycles. The molecule has 0 aliphatic carbocycles. The average Bonchev–Trinajstić information content (AvgIpc) is 3.35. The molecule has 0 bridgehead atoms. The Bertz CT molecular complexity index is 1420. The van der Waals surface area contributed by atoms with E-state index < -0.39 is 6.04 Å². The van der Waals surface area contributed by atoms with Crippen molar-refractivity contribution in [3.05, 3.63) is 117 Å². The molecule has 0 spiro atoms. The fourth-order valence-electron chi connectivity index (χ4n) is 4.11. The minimum atomic E-state index is -0.445. The molecule has 1 atom stereocenters. The monoisotopic (exact) mass is 519 g/mol. The number of rotatable bonds is 7. The maximum atomic E-state index is 13.4. The van der Waals surface area contributed by atoms with Crippen molar-refractivity contribution in [2.75, 3.05) is 5.32 Å². The maximum Gasteiger partial charge on any atom is 0.251 e. The second kappa shape index (κ2) is 10.4. The summed E-state index contributed by atoms with van der Waals surface area (Å²) in [5.74, 6) is 1.08. The number of hydrogen-bond acceptors (Lipinski definition) is 5. The van der Waals surface area contributed by atoms with Gasteiger partial charge in [0.05, 0.1) is 5.57 Å². The quantitative estimate of drug-likeness (QED) is 0.324. The van der Waals surface area contributed by atoms with Crippen molar-refractivity contribution in [2.45, 2.75) is 26.1 Å². The zero-order valence-electron chi connectivity index (χ0n) is 19.4. The van der Waals surface area contributed by atoms with Crippen LogP contribution < -0.4 is 15.4 Å². The molecule has 1 aliphatic rings. The van der Waals surface area contributed by atoms with Crippen LogP contribution in [0.15, 0.2) is 90.4 Å². The highest BCUT2D eigenvalue weighted by molar-refractivity contribution is 6.35. The lowest BCUT2D eigenvalue weighted by molar-refractivity contribution is -0.118. The van der Waals surface area contributed by atoms with Crippen LogP contribution in [-0.2, 0) is 17.9 Å². The molecule has 1 amide bonds. The van der Waals surface area contributed by atoms with E-state index in [0.717, 1.165) is 22.4 Å². The molecule has 0 saturated carbocycles. The number of anilines is 1. The number of benzene rings is 3. The molecule has 1 aliphatic heterocycles. The summed E-state index contributed by atoms with van der Waals surface area (Å²) < 4.78 is 7.64. The highest BCUT2D eigenvalue weighted by Gasteiger charge is 2.33. The highest BCUT2D eigenvalue weighted by atomic mass is 35.5. The molecule has 36 heavy (non-hydrogen) atoms. The number of carbonyl (C=O) groups is 1. The summed E-state index contributed by atoms with van der Waals surface area (Å²) in [6, 6.07) is 22.3. The number of ether oxygens (including phenoxy) is 1. The van der Waals surface area contributed by atoms with Gasteiger partial charge in [-0.2, -0.15) is 10.1 Å². The number of fused-ring (bicyclic) bond motifs is 1. The average molecular weight is 520 g/mol. The van der Waals surface area contributed by atoms with E-state index in [2.05, 4.69) is 20.7 Å². The van der Waals surface area contributed by atoms with Crippen LogP contribution >= 0.6 is 23.2 Å². The van der Waals surface area contributed by atoms with Gasteiger partial charge in [-0.05, 0) is 42.3 Å². The summed E-state index contributed by atoms with van der Waals surface area (Å²) in [4.78, 5) is 17.7. The molecule has 7 nitrogen and oxygen atoms in total. The minimum Gasteiger partial charge on any atom is -0.489 e. The molecule has 9 heteroatoms. The van der Waals surface area contributed by atoms with Crippen LogP contribution in [0.1, 0.15) is 29.7 Å². The van der Waals surface area contributed by atoms with Crippen LogP contribution in [0.4, 0.5) is 5.95 Å². The van der Waals surface area contributed by atoms with Gasteiger partial charge in [0, 0.05) is 27.9 Å². The Morgan fingerprint density at radius 3 is 2.61 bits per heavy atom.